The number of hydrogen-bond acceptors (Lipinski definition) is 3. The molecule has 1 fully saturated rings. The maximum absolute atomic E-state index is 4.87. The molecule has 2 aliphatic rings. The average Bonchev–Trinajstić information content (AvgIpc) is 3.50. The second-order valence-corrected chi connectivity index (χ2v) is 9.50. The average molecular weight is 436 g/mol. The molecule has 1 unspecified atom stereocenters. The van der Waals surface area contributed by atoms with Crippen LogP contribution < -0.4 is 0 Å². The van der Waals surface area contributed by atoms with Gasteiger partial charge in [-0.15, -0.1) is 0 Å². The van der Waals surface area contributed by atoms with Crippen molar-refractivity contribution < 1.29 is 0 Å². The van der Waals surface area contributed by atoms with Crippen LogP contribution in [0.15, 0.2) is 88.8 Å². The van der Waals surface area contributed by atoms with Gasteiger partial charge in [0, 0.05) is 30.3 Å². The van der Waals surface area contributed by atoms with Gasteiger partial charge in [0.25, 0.3) is 0 Å². The summed E-state index contributed by atoms with van der Waals surface area (Å²) in [6, 6.07) is 28.3. The van der Waals surface area contributed by atoms with Gasteiger partial charge < -0.3 is 4.90 Å². The molecule has 3 heteroatoms. The van der Waals surface area contributed by atoms with Crippen molar-refractivity contribution in [2.75, 3.05) is 26.7 Å². The van der Waals surface area contributed by atoms with Crippen molar-refractivity contribution in [1.29, 1.82) is 0 Å². The van der Waals surface area contributed by atoms with Crippen LogP contribution in [0.25, 0.3) is 11.1 Å². The fourth-order valence-corrected chi connectivity index (χ4v) is 5.27. The molecule has 0 radical (unpaired) electrons. The second kappa shape index (κ2) is 9.84. The van der Waals surface area contributed by atoms with Gasteiger partial charge in [-0.3, -0.25) is 4.99 Å². The van der Waals surface area contributed by atoms with Crippen LogP contribution in [-0.2, 0) is 6.42 Å². The number of amidine groups is 1. The summed E-state index contributed by atoms with van der Waals surface area (Å²) < 4.78 is 0. The Morgan fingerprint density at radius 2 is 1.58 bits per heavy atom. The molecule has 5 rings (SSSR count). The number of likely N-dealkylation sites (N-methyl/N-ethyl adjacent to an activating group) is 1. The van der Waals surface area contributed by atoms with Crippen molar-refractivity contribution in [3.05, 3.63) is 95.6 Å². The van der Waals surface area contributed by atoms with Crippen molar-refractivity contribution in [2.45, 2.75) is 32.1 Å². The van der Waals surface area contributed by atoms with E-state index in [-0.39, 0.29) is 0 Å². The standard InChI is InChI=1S/C30H33N3/c1-3-23-20-33(2)21-29(23)27-11-7-8-22(18-27)12-17-28-19-31-30(32-28)26-15-13-25(14-16-26)24-9-5-4-6-10-24/h4-11,13-16,18,23,29H,3,12,17,19-21H2,1-2H3/t23?,29-/m1/s1. The lowest BCUT2D eigenvalue weighted by Crippen LogP contribution is -2.13. The molecule has 2 heterocycles. The van der Waals surface area contributed by atoms with Gasteiger partial charge in [-0.05, 0) is 48.1 Å². The fraction of sp³-hybridized carbons (Fsp3) is 0.333. The number of hydrogen-bond donors (Lipinski definition) is 0. The highest BCUT2D eigenvalue weighted by Crippen LogP contribution is 2.34. The van der Waals surface area contributed by atoms with E-state index in [0.29, 0.717) is 5.92 Å². The highest BCUT2D eigenvalue weighted by Gasteiger charge is 2.30. The summed E-state index contributed by atoms with van der Waals surface area (Å²) in [5, 5.41) is 0. The minimum absolute atomic E-state index is 0.664. The Balaban J connectivity index is 1.21. The van der Waals surface area contributed by atoms with Gasteiger partial charge in [-0.25, -0.2) is 4.99 Å². The Hall–Kier alpha value is -3.04. The van der Waals surface area contributed by atoms with Crippen LogP contribution in [0.3, 0.4) is 0 Å². The molecule has 1 saturated heterocycles. The Bertz CT molecular complexity index is 1140. The molecule has 0 saturated carbocycles. The van der Waals surface area contributed by atoms with Gasteiger partial charge in [0.05, 0.1) is 6.54 Å². The highest BCUT2D eigenvalue weighted by molar-refractivity contribution is 6.11. The zero-order valence-corrected chi connectivity index (χ0v) is 19.7. The zero-order valence-electron chi connectivity index (χ0n) is 19.7. The van der Waals surface area contributed by atoms with Crippen molar-refractivity contribution in [3.8, 4) is 11.1 Å². The van der Waals surface area contributed by atoms with Crippen LogP contribution in [0, 0.1) is 5.92 Å². The van der Waals surface area contributed by atoms with Crippen molar-refractivity contribution in [1.82, 2.24) is 4.90 Å². The van der Waals surface area contributed by atoms with Crippen LogP contribution in [0.4, 0.5) is 0 Å². The summed E-state index contributed by atoms with van der Waals surface area (Å²) in [5.41, 5.74) is 7.67. The highest BCUT2D eigenvalue weighted by atomic mass is 15.1. The molecule has 0 amide bonds. The Morgan fingerprint density at radius 1 is 0.818 bits per heavy atom. The lowest BCUT2D eigenvalue weighted by Gasteiger charge is -2.18. The van der Waals surface area contributed by atoms with E-state index in [1.54, 1.807) is 0 Å². The lowest BCUT2D eigenvalue weighted by atomic mass is 9.86. The molecule has 168 valence electrons. The molecule has 2 atom stereocenters. The lowest BCUT2D eigenvalue weighted by molar-refractivity contribution is 0.392. The minimum Gasteiger partial charge on any atom is -0.305 e. The summed E-state index contributed by atoms with van der Waals surface area (Å²) in [6.45, 7) is 5.44. The quantitative estimate of drug-likeness (QED) is 0.431. The molecule has 0 aromatic heterocycles. The maximum Gasteiger partial charge on any atom is 0.154 e. The SMILES string of the molecule is CCC1CN(C)C[C@H]1c1cccc(CCC2=NC(c3ccc(-c4ccccc4)cc3)=NC2)c1. The van der Waals surface area contributed by atoms with Gasteiger partial charge in [0.2, 0.25) is 0 Å². The molecular formula is C30H33N3. The van der Waals surface area contributed by atoms with Gasteiger partial charge in [-0.2, -0.15) is 0 Å². The Labute approximate surface area is 197 Å². The van der Waals surface area contributed by atoms with Crippen LogP contribution in [-0.4, -0.2) is 43.1 Å². The predicted octanol–water partition coefficient (Wildman–Crippen LogP) is 6.24. The van der Waals surface area contributed by atoms with E-state index < -0.39 is 0 Å². The Morgan fingerprint density at radius 3 is 2.36 bits per heavy atom. The third-order valence-corrected chi connectivity index (χ3v) is 7.15. The molecule has 33 heavy (non-hydrogen) atoms. The van der Waals surface area contributed by atoms with Gasteiger partial charge >= 0.3 is 0 Å². The molecule has 3 aromatic rings. The Kier molecular flexibility index (Phi) is 6.50. The number of aryl methyl sites for hydroxylation is 1. The van der Waals surface area contributed by atoms with Gasteiger partial charge in [-0.1, -0.05) is 92.2 Å². The molecule has 3 nitrogen and oxygen atoms in total. The van der Waals surface area contributed by atoms with E-state index in [1.807, 2.05) is 6.07 Å². The van der Waals surface area contributed by atoms with Crippen LogP contribution >= 0.6 is 0 Å². The number of rotatable bonds is 7. The van der Waals surface area contributed by atoms with Gasteiger partial charge in [0.15, 0.2) is 5.84 Å². The summed E-state index contributed by atoms with van der Waals surface area (Å²) in [6.07, 6.45) is 3.25. The van der Waals surface area contributed by atoms with Gasteiger partial charge in [0.1, 0.15) is 0 Å². The van der Waals surface area contributed by atoms with E-state index in [1.165, 1.54) is 47.5 Å². The molecule has 0 N–H and O–H groups in total. The van der Waals surface area contributed by atoms with Crippen molar-refractivity contribution in [2.24, 2.45) is 15.9 Å². The first-order valence-electron chi connectivity index (χ1n) is 12.2. The third kappa shape index (κ3) is 4.99. The van der Waals surface area contributed by atoms with Crippen LogP contribution in [0.2, 0.25) is 0 Å². The zero-order chi connectivity index (χ0) is 22.6. The first-order chi connectivity index (χ1) is 16.2. The number of aliphatic imine (C=N–C) groups is 2. The normalized spacial score (nSPS) is 20.7. The summed E-state index contributed by atoms with van der Waals surface area (Å²) in [4.78, 5) is 12.1. The fourth-order valence-electron chi connectivity index (χ4n) is 5.27. The number of benzene rings is 3. The topological polar surface area (TPSA) is 28.0 Å². The number of nitrogens with zero attached hydrogens (tertiary/aromatic N) is 3. The molecular weight excluding hydrogens is 402 g/mol. The van der Waals surface area contributed by atoms with Crippen molar-refractivity contribution in [3.63, 3.8) is 0 Å². The number of likely N-dealkylation sites (tertiary alicyclic amines) is 1. The summed E-state index contributed by atoms with van der Waals surface area (Å²) >= 11 is 0. The smallest absolute Gasteiger partial charge is 0.154 e. The maximum atomic E-state index is 4.87. The van der Waals surface area contributed by atoms with Crippen LogP contribution in [0.1, 0.15) is 42.4 Å². The molecule has 2 aliphatic heterocycles. The molecule has 0 aliphatic carbocycles. The molecule has 0 spiro atoms. The second-order valence-electron chi connectivity index (χ2n) is 9.50. The van der Waals surface area contributed by atoms with E-state index in [4.69, 9.17) is 9.98 Å². The van der Waals surface area contributed by atoms with Crippen LogP contribution in [0.5, 0.6) is 0 Å². The summed E-state index contributed by atoms with van der Waals surface area (Å²) in [5.74, 6) is 2.31. The molecule has 3 aromatic carbocycles. The first kappa shape index (κ1) is 21.8. The van der Waals surface area contributed by atoms with E-state index >= 15 is 0 Å². The van der Waals surface area contributed by atoms with E-state index in [9.17, 15) is 0 Å². The summed E-state index contributed by atoms with van der Waals surface area (Å²) in [7, 11) is 2.25. The van der Waals surface area contributed by atoms with E-state index in [2.05, 4.69) is 91.7 Å². The largest absolute Gasteiger partial charge is 0.305 e. The molecule has 0 bridgehead atoms. The van der Waals surface area contributed by atoms with Crippen molar-refractivity contribution >= 4 is 11.5 Å². The first-order valence-corrected chi connectivity index (χ1v) is 12.2. The van der Waals surface area contributed by atoms with E-state index in [0.717, 1.165) is 36.7 Å². The monoisotopic (exact) mass is 435 g/mol. The minimum atomic E-state index is 0.664. The third-order valence-electron chi connectivity index (χ3n) is 7.15. The predicted molar refractivity (Wildman–Crippen MR) is 139 cm³/mol.